The molecule has 2 heterocycles. The first-order valence-electron chi connectivity index (χ1n) is 10.9. The van der Waals surface area contributed by atoms with Crippen molar-refractivity contribution in [2.24, 2.45) is 0 Å². The van der Waals surface area contributed by atoms with Crippen LogP contribution in [0.1, 0.15) is 35.9 Å². The third-order valence-electron chi connectivity index (χ3n) is 6.47. The molecule has 1 aliphatic carbocycles. The van der Waals surface area contributed by atoms with Crippen LogP contribution in [0.3, 0.4) is 0 Å². The molecule has 5 rings (SSSR count). The zero-order chi connectivity index (χ0) is 23.1. The molecular weight excluding hydrogens is 418 g/mol. The standard InChI is InChI=1S/C25H27N5O3/c1-29(2)18-8-5-15(6-9-18)24-23-19(28-25-26-14-27-30(24)25)11-17(12-20(23)31)16-7-10-21(32-3)22(13-16)33-4/h5-10,13-14,17,24H,11-12H2,1-4H3,(H,26,27,28). The maximum absolute atomic E-state index is 13.6. The lowest BCUT2D eigenvalue weighted by Crippen LogP contribution is -2.33. The van der Waals surface area contributed by atoms with E-state index in [9.17, 15) is 4.79 Å². The van der Waals surface area contributed by atoms with Crippen LogP contribution < -0.4 is 19.7 Å². The van der Waals surface area contributed by atoms with Crippen molar-refractivity contribution in [1.82, 2.24) is 14.8 Å². The van der Waals surface area contributed by atoms with E-state index in [2.05, 4.69) is 44.6 Å². The van der Waals surface area contributed by atoms with Crippen LogP contribution in [-0.2, 0) is 4.79 Å². The van der Waals surface area contributed by atoms with E-state index < -0.39 is 0 Å². The molecule has 1 aromatic heterocycles. The van der Waals surface area contributed by atoms with E-state index >= 15 is 0 Å². The maximum Gasteiger partial charge on any atom is 0.226 e. The highest BCUT2D eigenvalue weighted by molar-refractivity contribution is 6.00. The Bertz CT molecular complexity index is 1230. The number of carbonyl (C=O) groups excluding carboxylic acids is 1. The molecule has 8 nitrogen and oxygen atoms in total. The predicted molar refractivity (Wildman–Crippen MR) is 126 cm³/mol. The van der Waals surface area contributed by atoms with Crippen LogP contribution in [0.2, 0.25) is 0 Å². The first kappa shape index (κ1) is 21.1. The Morgan fingerprint density at radius 1 is 1.00 bits per heavy atom. The quantitative estimate of drug-likeness (QED) is 0.640. The number of carbonyl (C=O) groups is 1. The van der Waals surface area contributed by atoms with Crippen LogP contribution in [0.15, 0.2) is 60.1 Å². The molecule has 1 N–H and O–H groups in total. The van der Waals surface area contributed by atoms with Gasteiger partial charge in [-0.05, 0) is 47.7 Å². The number of ketones is 1. The highest BCUT2D eigenvalue weighted by Crippen LogP contribution is 2.45. The number of methoxy groups -OCH3 is 2. The van der Waals surface area contributed by atoms with Crippen molar-refractivity contribution in [3.05, 3.63) is 71.2 Å². The lowest BCUT2D eigenvalue weighted by Gasteiger charge is -2.35. The summed E-state index contributed by atoms with van der Waals surface area (Å²) in [4.78, 5) is 20.0. The fourth-order valence-corrected chi connectivity index (χ4v) is 4.76. The monoisotopic (exact) mass is 445 g/mol. The molecule has 0 amide bonds. The number of hydrogen-bond acceptors (Lipinski definition) is 7. The zero-order valence-electron chi connectivity index (χ0n) is 19.2. The summed E-state index contributed by atoms with van der Waals surface area (Å²) >= 11 is 0. The summed E-state index contributed by atoms with van der Waals surface area (Å²) in [6, 6.07) is 13.8. The minimum Gasteiger partial charge on any atom is -0.493 e. The van der Waals surface area contributed by atoms with Crippen molar-refractivity contribution < 1.29 is 14.3 Å². The molecule has 1 aliphatic heterocycles. The summed E-state index contributed by atoms with van der Waals surface area (Å²) in [5.74, 6) is 2.14. The van der Waals surface area contributed by atoms with E-state index in [0.717, 1.165) is 28.1 Å². The maximum atomic E-state index is 13.6. The van der Waals surface area contributed by atoms with E-state index in [0.29, 0.717) is 30.3 Å². The minimum atomic E-state index is -0.297. The fourth-order valence-electron chi connectivity index (χ4n) is 4.76. The highest BCUT2D eigenvalue weighted by Gasteiger charge is 2.39. The van der Waals surface area contributed by atoms with Crippen LogP contribution >= 0.6 is 0 Å². The SMILES string of the molecule is COc1ccc(C2CC(=O)C3=C(C2)Nc2ncnn2C3c2ccc(N(C)C)cc2)cc1OC. The van der Waals surface area contributed by atoms with Crippen molar-refractivity contribution in [1.29, 1.82) is 0 Å². The van der Waals surface area contributed by atoms with E-state index in [1.165, 1.54) is 6.33 Å². The lowest BCUT2D eigenvalue weighted by molar-refractivity contribution is -0.116. The summed E-state index contributed by atoms with van der Waals surface area (Å²) in [7, 11) is 7.26. The summed E-state index contributed by atoms with van der Waals surface area (Å²) in [5, 5.41) is 7.81. The summed E-state index contributed by atoms with van der Waals surface area (Å²) < 4.78 is 12.6. The topological polar surface area (TPSA) is 81.5 Å². The van der Waals surface area contributed by atoms with Crippen LogP contribution in [0.25, 0.3) is 0 Å². The number of allylic oxidation sites excluding steroid dienone is 2. The molecule has 2 atom stereocenters. The Labute approximate surface area is 192 Å². The third-order valence-corrected chi connectivity index (χ3v) is 6.47. The van der Waals surface area contributed by atoms with Gasteiger partial charge in [0.1, 0.15) is 12.4 Å². The van der Waals surface area contributed by atoms with Crippen molar-refractivity contribution in [3.8, 4) is 11.5 Å². The second-order valence-electron chi connectivity index (χ2n) is 8.58. The van der Waals surface area contributed by atoms with Gasteiger partial charge in [0, 0.05) is 37.5 Å². The van der Waals surface area contributed by atoms with E-state index in [1.807, 2.05) is 32.3 Å². The molecule has 2 aromatic carbocycles. The smallest absolute Gasteiger partial charge is 0.226 e. The first-order valence-corrected chi connectivity index (χ1v) is 10.9. The van der Waals surface area contributed by atoms with Gasteiger partial charge in [-0.1, -0.05) is 18.2 Å². The van der Waals surface area contributed by atoms with Gasteiger partial charge in [-0.3, -0.25) is 4.79 Å². The molecule has 170 valence electrons. The van der Waals surface area contributed by atoms with Crippen LogP contribution in [-0.4, -0.2) is 48.9 Å². The number of ether oxygens (including phenoxy) is 2. The molecular formula is C25H27N5O3. The predicted octanol–water partition coefficient (Wildman–Crippen LogP) is 3.78. The Morgan fingerprint density at radius 2 is 1.73 bits per heavy atom. The minimum absolute atomic E-state index is 0.0368. The number of benzene rings is 2. The number of Topliss-reactive ketones (excluding diaryl/α,β-unsaturated/α-hetero) is 1. The first-order chi connectivity index (χ1) is 16.0. The molecule has 8 heteroatoms. The average molecular weight is 446 g/mol. The summed E-state index contributed by atoms with van der Waals surface area (Å²) in [6.45, 7) is 0. The lowest BCUT2D eigenvalue weighted by atomic mass is 9.78. The van der Waals surface area contributed by atoms with Gasteiger partial charge in [-0.25, -0.2) is 4.68 Å². The van der Waals surface area contributed by atoms with Gasteiger partial charge < -0.3 is 19.7 Å². The molecule has 2 unspecified atom stereocenters. The van der Waals surface area contributed by atoms with E-state index in [-0.39, 0.29) is 17.7 Å². The van der Waals surface area contributed by atoms with Crippen LogP contribution in [0.5, 0.6) is 11.5 Å². The van der Waals surface area contributed by atoms with Gasteiger partial charge in [0.2, 0.25) is 5.95 Å². The van der Waals surface area contributed by atoms with Crippen molar-refractivity contribution >= 4 is 17.4 Å². The number of nitrogens with zero attached hydrogens (tertiary/aromatic N) is 4. The molecule has 0 fully saturated rings. The van der Waals surface area contributed by atoms with Gasteiger partial charge >= 0.3 is 0 Å². The normalized spacial score (nSPS) is 19.5. The van der Waals surface area contributed by atoms with Crippen LogP contribution in [0, 0.1) is 0 Å². The highest BCUT2D eigenvalue weighted by atomic mass is 16.5. The molecule has 0 bridgehead atoms. The Kier molecular flexibility index (Phi) is 5.28. The molecule has 2 aliphatic rings. The number of hydrogen-bond donors (Lipinski definition) is 1. The second-order valence-corrected chi connectivity index (χ2v) is 8.58. The number of aromatic nitrogens is 3. The molecule has 0 saturated carbocycles. The van der Waals surface area contributed by atoms with Gasteiger partial charge in [-0.2, -0.15) is 10.1 Å². The van der Waals surface area contributed by atoms with Gasteiger partial charge in [0.05, 0.1) is 14.2 Å². The van der Waals surface area contributed by atoms with Gasteiger partial charge in [0.15, 0.2) is 17.3 Å². The summed E-state index contributed by atoms with van der Waals surface area (Å²) in [5.41, 5.74) is 4.84. The zero-order valence-corrected chi connectivity index (χ0v) is 19.2. The number of nitrogens with one attached hydrogen (secondary N) is 1. The fraction of sp³-hybridized carbons (Fsp3) is 0.320. The molecule has 3 aromatic rings. The Hall–Kier alpha value is -3.81. The third kappa shape index (κ3) is 3.61. The number of anilines is 2. The van der Waals surface area contributed by atoms with Crippen molar-refractivity contribution in [2.75, 3.05) is 38.5 Å². The molecule has 0 radical (unpaired) electrons. The van der Waals surface area contributed by atoms with Crippen molar-refractivity contribution in [3.63, 3.8) is 0 Å². The van der Waals surface area contributed by atoms with E-state index in [1.54, 1.807) is 18.9 Å². The molecule has 0 saturated heterocycles. The molecule has 33 heavy (non-hydrogen) atoms. The number of rotatable bonds is 5. The van der Waals surface area contributed by atoms with Crippen LogP contribution in [0.4, 0.5) is 11.6 Å². The Balaban J connectivity index is 1.53. The summed E-state index contributed by atoms with van der Waals surface area (Å²) in [6.07, 6.45) is 2.65. The Morgan fingerprint density at radius 3 is 2.42 bits per heavy atom. The molecule has 0 spiro atoms. The average Bonchev–Trinajstić information content (AvgIpc) is 3.30. The largest absolute Gasteiger partial charge is 0.493 e. The van der Waals surface area contributed by atoms with Gasteiger partial charge in [0.25, 0.3) is 0 Å². The number of fused-ring (bicyclic) bond motifs is 1. The van der Waals surface area contributed by atoms with Crippen molar-refractivity contribution in [2.45, 2.75) is 24.8 Å². The second kappa shape index (κ2) is 8.27. The van der Waals surface area contributed by atoms with E-state index in [4.69, 9.17) is 9.47 Å². The van der Waals surface area contributed by atoms with Gasteiger partial charge in [-0.15, -0.1) is 0 Å².